The van der Waals surface area contributed by atoms with E-state index in [1.54, 1.807) is 4.90 Å². The first-order chi connectivity index (χ1) is 14.9. The first-order valence-corrected chi connectivity index (χ1v) is 10.3. The minimum absolute atomic E-state index is 0.0353. The number of urea groups is 1. The normalized spacial score (nSPS) is 14.5. The van der Waals surface area contributed by atoms with Crippen molar-refractivity contribution >= 4 is 17.4 Å². The first kappa shape index (κ1) is 22.7. The van der Waals surface area contributed by atoms with Gasteiger partial charge in [-0.1, -0.05) is 32.0 Å². The molecule has 3 rings (SSSR count). The van der Waals surface area contributed by atoms with Crippen LogP contribution < -0.4 is 25.0 Å². The molecule has 1 fully saturated rings. The monoisotopic (exact) mass is 434 g/mol. The molecule has 0 aliphatic carbocycles. The predicted octanol–water partition coefficient (Wildman–Crippen LogP) is 4.61. The van der Waals surface area contributed by atoms with Crippen molar-refractivity contribution in [2.24, 2.45) is 0 Å². The number of benzene rings is 1. The molecule has 2 N–H and O–H groups in total. The lowest BCUT2D eigenvalue weighted by molar-refractivity contribution is -0.0525. The summed E-state index contributed by atoms with van der Waals surface area (Å²) < 4.78 is 35.3. The Hall–Kier alpha value is -2.94. The van der Waals surface area contributed by atoms with Gasteiger partial charge in [0.25, 0.3) is 0 Å². The maximum atomic E-state index is 13.5. The van der Waals surface area contributed by atoms with Crippen LogP contribution in [0.25, 0.3) is 0 Å². The lowest BCUT2D eigenvalue weighted by Crippen LogP contribution is -2.48. The standard InChI is InChI=1S/C22H28F2N4O3/c1-14(2)16-6-4-5-7-18(16)28(15-10-12-25-13-11-15)22(29)26-17-8-9-19(30-3)27-20(17)31-21(23)24/h4-9,14-15,21,25H,10-13H2,1-3H3,(H,26,29). The Labute approximate surface area is 180 Å². The predicted molar refractivity (Wildman–Crippen MR) is 115 cm³/mol. The smallest absolute Gasteiger partial charge is 0.388 e. The number of nitrogens with one attached hydrogen (secondary N) is 2. The molecule has 0 bridgehead atoms. The van der Waals surface area contributed by atoms with Gasteiger partial charge in [0.15, 0.2) is 0 Å². The molecule has 2 heterocycles. The summed E-state index contributed by atoms with van der Waals surface area (Å²) in [4.78, 5) is 19.1. The molecule has 1 aliphatic heterocycles. The Kier molecular flexibility index (Phi) is 7.62. The zero-order valence-corrected chi connectivity index (χ0v) is 17.9. The number of halogens is 2. The van der Waals surface area contributed by atoms with Crippen LogP contribution in [-0.4, -0.2) is 43.9 Å². The zero-order valence-electron chi connectivity index (χ0n) is 17.9. The van der Waals surface area contributed by atoms with E-state index in [0.29, 0.717) is 0 Å². The highest BCUT2D eigenvalue weighted by molar-refractivity contribution is 6.03. The third-order valence-electron chi connectivity index (χ3n) is 5.20. The number of carbonyl (C=O) groups is 1. The van der Waals surface area contributed by atoms with Crippen molar-refractivity contribution in [1.29, 1.82) is 0 Å². The summed E-state index contributed by atoms with van der Waals surface area (Å²) >= 11 is 0. The summed E-state index contributed by atoms with van der Waals surface area (Å²) in [5, 5.41) is 6.02. The molecule has 0 saturated carbocycles. The number of alkyl halides is 2. The number of ether oxygens (including phenoxy) is 2. The number of hydrogen-bond donors (Lipinski definition) is 2. The lowest BCUT2D eigenvalue weighted by atomic mass is 9.97. The van der Waals surface area contributed by atoms with Crippen molar-refractivity contribution in [2.75, 3.05) is 30.4 Å². The van der Waals surface area contributed by atoms with E-state index in [1.165, 1.54) is 19.2 Å². The Morgan fingerprint density at radius 2 is 1.90 bits per heavy atom. The largest absolute Gasteiger partial charge is 0.481 e. The Morgan fingerprint density at radius 1 is 1.19 bits per heavy atom. The van der Waals surface area contributed by atoms with Crippen LogP contribution in [0.15, 0.2) is 36.4 Å². The summed E-state index contributed by atoms with van der Waals surface area (Å²) in [6, 6.07) is 10.2. The third kappa shape index (κ3) is 5.61. The van der Waals surface area contributed by atoms with Gasteiger partial charge >= 0.3 is 12.6 Å². The molecule has 0 radical (unpaired) electrons. The fourth-order valence-corrected chi connectivity index (χ4v) is 3.71. The number of aromatic nitrogens is 1. The Morgan fingerprint density at radius 3 is 2.55 bits per heavy atom. The minimum Gasteiger partial charge on any atom is -0.481 e. The second kappa shape index (κ2) is 10.4. The second-order valence-electron chi connectivity index (χ2n) is 7.58. The maximum absolute atomic E-state index is 13.5. The average molecular weight is 434 g/mol. The molecule has 1 aliphatic rings. The molecule has 0 spiro atoms. The van der Waals surface area contributed by atoms with Gasteiger partial charge in [0, 0.05) is 17.8 Å². The number of para-hydroxylation sites is 1. The number of anilines is 2. The average Bonchev–Trinajstić information content (AvgIpc) is 2.75. The van der Waals surface area contributed by atoms with Crippen LogP contribution in [0.5, 0.6) is 11.8 Å². The summed E-state index contributed by atoms with van der Waals surface area (Å²) in [6.07, 6.45) is 1.56. The molecule has 1 aromatic heterocycles. The van der Waals surface area contributed by atoms with E-state index in [0.717, 1.165) is 37.2 Å². The second-order valence-corrected chi connectivity index (χ2v) is 7.58. The molecule has 9 heteroatoms. The molecule has 168 valence electrons. The summed E-state index contributed by atoms with van der Waals surface area (Å²) in [5.74, 6) is -0.0901. The van der Waals surface area contributed by atoms with E-state index in [-0.39, 0.29) is 23.5 Å². The number of hydrogen-bond acceptors (Lipinski definition) is 5. The molecular weight excluding hydrogens is 406 g/mol. The van der Waals surface area contributed by atoms with Crippen LogP contribution in [-0.2, 0) is 0 Å². The third-order valence-corrected chi connectivity index (χ3v) is 5.20. The number of amides is 2. The highest BCUT2D eigenvalue weighted by Crippen LogP contribution is 2.33. The molecule has 7 nitrogen and oxygen atoms in total. The van der Waals surface area contributed by atoms with Crippen molar-refractivity contribution in [1.82, 2.24) is 10.3 Å². The van der Waals surface area contributed by atoms with Crippen LogP contribution in [0.2, 0.25) is 0 Å². The van der Waals surface area contributed by atoms with Crippen molar-refractivity contribution in [3.8, 4) is 11.8 Å². The molecule has 1 saturated heterocycles. The van der Waals surface area contributed by atoms with Gasteiger partial charge in [-0.2, -0.15) is 13.8 Å². The van der Waals surface area contributed by atoms with Gasteiger partial charge in [0.2, 0.25) is 11.8 Å². The summed E-state index contributed by atoms with van der Waals surface area (Å²) in [7, 11) is 1.37. The summed E-state index contributed by atoms with van der Waals surface area (Å²) in [5.41, 5.74) is 1.89. The number of nitrogens with zero attached hydrogens (tertiary/aromatic N) is 2. The van der Waals surface area contributed by atoms with Crippen molar-refractivity contribution in [3.05, 3.63) is 42.0 Å². The van der Waals surface area contributed by atoms with Crippen molar-refractivity contribution in [3.63, 3.8) is 0 Å². The van der Waals surface area contributed by atoms with Gasteiger partial charge in [-0.05, 0) is 49.5 Å². The highest BCUT2D eigenvalue weighted by atomic mass is 19.3. The van der Waals surface area contributed by atoms with Gasteiger partial charge in [-0.25, -0.2) is 4.79 Å². The van der Waals surface area contributed by atoms with Gasteiger partial charge < -0.3 is 20.1 Å². The number of rotatable bonds is 7. The molecular formula is C22H28F2N4O3. The van der Waals surface area contributed by atoms with Crippen LogP contribution in [0, 0.1) is 0 Å². The molecule has 2 aromatic rings. The lowest BCUT2D eigenvalue weighted by Gasteiger charge is -2.36. The van der Waals surface area contributed by atoms with E-state index in [1.807, 2.05) is 24.3 Å². The summed E-state index contributed by atoms with van der Waals surface area (Å²) in [6.45, 7) is 2.64. The van der Waals surface area contributed by atoms with Crippen molar-refractivity contribution < 1.29 is 23.0 Å². The maximum Gasteiger partial charge on any atom is 0.388 e. The van der Waals surface area contributed by atoms with Crippen LogP contribution in [0.3, 0.4) is 0 Å². The van der Waals surface area contributed by atoms with Crippen LogP contribution in [0.1, 0.15) is 38.2 Å². The highest BCUT2D eigenvalue weighted by Gasteiger charge is 2.30. The molecule has 0 unspecified atom stereocenters. The van der Waals surface area contributed by atoms with Crippen LogP contribution in [0.4, 0.5) is 25.0 Å². The SMILES string of the molecule is COc1ccc(NC(=O)N(c2ccccc2C(C)C)C2CCNCC2)c(OC(F)F)n1. The number of piperidine rings is 1. The zero-order chi connectivity index (χ0) is 22.4. The number of methoxy groups -OCH3 is 1. The van der Waals surface area contributed by atoms with E-state index >= 15 is 0 Å². The fourth-order valence-electron chi connectivity index (χ4n) is 3.71. The van der Waals surface area contributed by atoms with Crippen LogP contribution >= 0.6 is 0 Å². The molecule has 2 amide bonds. The number of pyridine rings is 1. The first-order valence-electron chi connectivity index (χ1n) is 10.3. The van der Waals surface area contributed by atoms with Gasteiger partial charge in [-0.15, -0.1) is 0 Å². The van der Waals surface area contributed by atoms with E-state index in [2.05, 4.69) is 34.2 Å². The van der Waals surface area contributed by atoms with Gasteiger partial charge in [-0.3, -0.25) is 4.90 Å². The number of carbonyl (C=O) groups excluding carboxylic acids is 1. The molecule has 0 atom stereocenters. The quantitative estimate of drug-likeness (QED) is 0.666. The molecule has 1 aromatic carbocycles. The van der Waals surface area contributed by atoms with E-state index < -0.39 is 18.5 Å². The van der Waals surface area contributed by atoms with Gasteiger partial charge in [0.05, 0.1) is 7.11 Å². The van der Waals surface area contributed by atoms with E-state index in [4.69, 9.17) is 4.74 Å². The fraction of sp³-hybridized carbons (Fsp3) is 0.455. The van der Waals surface area contributed by atoms with E-state index in [9.17, 15) is 13.6 Å². The topological polar surface area (TPSA) is 75.7 Å². The van der Waals surface area contributed by atoms with Gasteiger partial charge in [0.1, 0.15) is 5.69 Å². The Balaban J connectivity index is 1.96. The van der Waals surface area contributed by atoms with Crippen molar-refractivity contribution in [2.45, 2.75) is 45.3 Å². The molecule has 31 heavy (non-hydrogen) atoms. The Bertz CT molecular complexity index is 889. The minimum atomic E-state index is -3.09.